The summed E-state index contributed by atoms with van der Waals surface area (Å²) in [5.41, 5.74) is 0. The van der Waals surface area contributed by atoms with Crippen molar-refractivity contribution in [2.45, 2.75) is 19.9 Å². The molecule has 0 aliphatic heterocycles. The van der Waals surface area contributed by atoms with Gasteiger partial charge in [0.15, 0.2) is 0 Å². The fourth-order valence-electron chi connectivity index (χ4n) is 0.268. The standard InChI is InChI=1S/C5H9NO2/c1-5(2)6(3-7)4-8/h3-5H,1-2H3. The fourth-order valence-corrected chi connectivity index (χ4v) is 0.268. The summed E-state index contributed by atoms with van der Waals surface area (Å²) in [6.45, 7) is 3.53. The van der Waals surface area contributed by atoms with Gasteiger partial charge in [0.2, 0.25) is 12.8 Å². The maximum atomic E-state index is 9.87. The number of nitrogens with zero attached hydrogens (tertiary/aromatic N) is 1. The highest BCUT2D eigenvalue weighted by Crippen LogP contribution is 1.86. The minimum Gasteiger partial charge on any atom is -0.285 e. The van der Waals surface area contributed by atoms with Gasteiger partial charge in [-0.25, -0.2) is 0 Å². The zero-order chi connectivity index (χ0) is 6.57. The molecular weight excluding hydrogens is 106 g/mol. The Labute approximate surface area is 48.3 Å². The molecule has 0 unspecified atom stereocenters. The van der Waals surface area contributed by atoms with E-state index in [1.165, 1.54) is 0 Å². The molecule has 0 bridgehead atoms. The van der Waals surface area contributed by atoms with Crippen molar-refractivity contribution in [1.82, 2.24) is 4.90 Å². The van der Waals surface area contributed by atoms with Gasteiger partial charge in [0.25, 0.3) is 0 Å². The molecule has 0 fully saturated rings. The Balaban J connectivity index is 3.68. The van der Waals surface area contributed by atoms with Crippen molar-refractivity contribution in [1.29, 1.82) is 0 Å². The van der Waals surface area contributed by atoms with Gasteiger partial charge in [0.1, 0.15) is 0 Å². The van der Waals surface area contributed by atoms with Crippen molar-refractivity contribution < 1.29 is 9.59 Å². The van der Waals surface area contributed by atoms with Crippen molar-refractivity contribution in [2.75, 3.05) is 0 Å². The quantitative estimate of drug-likeness (QED) is 0.486. The fraction of sp³-hybridized carbons (Fsp3) is 0.600. The number of hydrogen-bond acceptors (Lipinski definition) is 2. The van der Waals surface area contributed by atoms with Gasteiger partial charge in [-0.1, -0.05) is 0 Å². The minimum atomic E-state index is -0.0231. The summed E-state index contributed by atoms with van der Waals surface area (Å²) in [5.74, 6) is 0. The van der Waals surface area contributed by atoms with E-state index in [0.29, 0.717) is 12.8 Å². The van der Waals surface area contributed by atoms with E-state index in [-0.39, 0.29) is 6.04 Å². The maximum absolute atomic E-state index is 9.87. The van der Waals surface area contributed by atoms with Crippen LogP contribution in [0.5, 0.6) is 0 Å². The van der Waals surface area contributed by atoms with Gasteiger partial charge in [0.05, 0.1) is 0 Å². The van der Waals surface area contributed by atoms with E-state index in [2.05, 4.69) is 0 Å². The van der Waals surface area contributed by atoms with Crippen LogP contribution in [0.4, 0.5) is 0 Å². The normalized spacial score (nSPS) is 8.88. The summed E-state index contributed by atoms with van der Waals surface area (Å²) in [7, 11) is 0. The number of carbonyl (C=O) groups is 2. The first-order valence-electron chi connectivity index (χ1n) is 2.40. The molecule has 3 nitrogen and oxygen atoms in total. The lowest BCUT2D eigenvalue weighted by atomic mass is 10.4. The van der Waals surface area contributed by atoms with Gasteiger partial charge >= 0.3 is 0 Å². The van der Waals surface area contributed by atoms with Crippen LogP contribution in [0.3, 0.4) is 0 Å². The summed E-state index contributed by atoms with van der Waals surface area (Å²) in [6, 6.07) is -0.0231. The highest BCUT2D eigenvalue weighted by atomic mass is 16.2. The lowest BCUT2D eigenvalue weighted by molar-refractivity contribution is -0.130. The number of rotatable bonds is 3. The Kier molecular flexibility index (Phi) is 2.84. The van der Waals surface area contributed by atoms with E-state index in [9.17, 15) is 9.59 Å². The highest BCUT2D eigenvalue weighted by Gasteiger charge is 2.00. The van der Waals surface area contributed by atoms with Crippen molar-refractivity contribution in [3.63, 3.8) is 0 Å². The van der Waals surface area contributed by atoms with Crippen molar-refractivity contribution in [3.05, 3.63) is 0 Å². The number of amides is 2. The number of carbonyl (C=O) groups excluding carboxylic acids is 2. The first-order chi connectivity index (χ1) is 3.72. The lowest BCUT2D eigenvalue weighted by Crippen LogP contribution is -2.27. The zero-order valence-electron chi connectivity index (χ0n) is 5.00. The third-order valence-corrected chi connectivity index (χ3v) is 0.840. The molecule has 0 saturated heterocycles. The predicted octanol–water partition coefficient (Wildman–Crippen LogP) is 0.00960. The highest BCUT2D eigenvalue weighted by molar-refractivity contribution is 5.68. The second kappa shape index (κ2) is 3.18. The van der Waals surface area contributed by atoms with Crippen molar-refractivity contribution in [3.8, 4) is 0 Å². The van der Waals surface area contributed by atoms with Gasteiger partial charge in [0, 0.05) is 6.04 Å². The third kappa shape index (κ3) is 1.73. The first kappa shape index (κ1) is 7.14. The molecule has 2 amide bonds. The van der Waals surface area contributed by atoms with Gasteiger partial charge < -0.3 is 0 Å². The smallest absolute Gasteiger partial charge is 0.216 e. The number of hydrogen-bond donors (Lipinski definition) is 0. The molecule has 0 heterocycles. The molecule has 8 heavy (non-hydrogen) atoms. The van der Waals surface area contributed by atoms with Crippen molar-refractivity contribution in [2.24, 2.45) is 0 Å². The molecule has 0 saturated carbocycles. The van der Waals surface area contributed by atoms with E-state index in [1.54, 1.807) is 13.8 Å². The predicted molar refractivity (Wildman–Crippen MR) is 29.1 cm³/mol. The van der Waals surface area contributed by atoms with Gasteiger partial charge in [-0.05, 0) is 13.8 Å². The summed E-state index contributed by atoms with van der Waals surface area (Å²) in [5, 5.41) is 0. The van der Waals surface area contributed by atoms with E-state index >= 15 is 0 Å². The molecule has 0 rings (SSSR count). The number of imide groups is 1. The third-order valence-electron chi connectivity index (χ3n) is 0.840. The van der Waals surface area contributed by atoms with Crippen LogP contribution in [0.15, 0.2) is 0 Å². The topological polar surface area (TPSA) is 37.4 Å². The Hall–Kier alpha value is -0.860. The lowest BCUT2D eigenvalue weighted by Gasteiger charge is -2.11. The summed E-state index contributed by atoms with van der Waals surface area (Å²) >= 11 is 0. The summed E-state index contributed by atoms with van der Waals surface area (Å²) < 4.78 is 0. The van der Waals surface area contributed by atoms with Gasteiger partial charge in [-0.15, -0.1) is 0 Å². The molecule has 0 aliphatic carbocycles. The average Bonchev–Trinajstić information content (AvgIpc) is 1.69. The van der Waals surface area contributed by atoms with Crippen LogP contribution >= 0.6 is 0 Å². The minimum absolute atomic E-state index is 0.0231. The van der Waals surface area contributed by atoms with E-state index in [1.807, 2.05) is 0 Å². The van der Waals surface area contributed by atoms with Crippen LogP contribution in [0.2, 0.25) is 0 Å². The van der Waals surface area contributed by atoms with Crippen LogP contribution in [-0.4, -0.2) is 23.8 Å². The molecule has 0 N–H and O–H groups in total. The van der Waals surface area contributed by atoms with Crippen LogP contribution in [0.1, 0.15) is 13.8 Å². The van der Waals surface area contributed by atoms with Crippen LogP contribution in [0.25, 0.3) is 0 Å². The second-order valence-electron chi connectivity index (χ2n) is 1.75. The zero-order valence-corrected chi connectivity index (χ0v) is 5.00. The molecule has 3 heteroatoms. The second-order valence-corrected chi connectivity index (χ2v) is 1.75. The SMILES string of the molecule is CC(C)N(C=O)C=O. The molecular formula is C5H9NO2. The summed E-state index contributed by atoms with van der Waals surface area (Å²) in [4.78, 5) is 20.8. The van der Waals surface area contributed by atoms with Crippen LogP contribution in [0, 0.1) is 0 Å². The maximum Gasteiger partial charge on any atom is 0.216 e. The largest absolute Gasteiger partial charge is 0.285 e. The Morgan fingerprint density at radius 2 is 1.62 bits per heavy atom. The Bertz CT molecular complexity index is 82.4. The average molecular weight is 115 g/mol. The summed E-state index contributed by atoms with van der Waals surface area (Å²) in [6.07, 6.45) is 1.02. The van der Waals surface area contributed by atoms with Crippen LogP contribution < -0.4 is 0 Å². The molecule has 0 aromatic heterocycles. The van der Waals surface area contributed by atoms with E-state index in [0.717, 1.165) is 4.90 Å². The van der Waals surface area contributed by atoms with Gasteiger partial charge in [-0.2, -0.15) is 0 Å². The molecule has 0 aromatic rings. The molecule has 46 valence electrons. The van der Waals surface area contributed by atoms with E-state index in [4.69, 9.17) is 0 Å². The van der Waals surface area contributed by atoms with Crippen LogP contribution in [-0.2, 0) is 9.59 Å². The molecule has 0 atom stereocenters. The Morgan fingerprint density at radius 3 is 1.62 bits per heavy atom. The van der Waals surface area contributed by atoms with Gasteiger partial charge in [-0.3, -0.25) is 14.5 Å². The Morgan fingerprint density at radius 1 is 1.25 bits per heavy atom. The molecule has 0 aromatic carbocycles. The van der Waals surface area contributed by atoms with E-state index < -0.39 is 0 Å². The van der Waals surface area contributed by atoms with Crippen molar-refractivity contribution >= 4 is 12.8 Å². The molecule has 0 spiro atoms. The first-order valence-corrected chi connectivity index (χ1v) is 2.40. The molecule has 0 radical (unpaired) electrons. The monoisotopic (exact) mass is 115 g/mol. The molecule has 0 aliphatic rings.